The zero-order chi connectivity index (χ0) is 26.5. The molecule has 0 saturated carbocycles. The molecule has 0 unspecified atom stereocenters. The fourth-order valence-electron chi connectivity index (χ4n) is 3.63. The Labute approximate surface area is 218 Å². The number of carbonyl (C=O) groups excluding carboxylic acids is 4. The van der Waals surface area contributed by atoms with E-state index in [1.807, 2.05) is 30.3 Å². The molecule has 3 amide bonds. The van der Waals surface area contributed by atoms with E-state index in [1.54, 1.807) is 44.2 Å². The first-order valence-electron chi connectivity index (χ1n) is 11.5. The number of imide groups is 1. The molecule has 3 aromatic rings. The largest absolute Gasteiger partial charge is 0.459 e. The van der Waals surface area contributed by atoms with Gasteiger partial charge in [-0.1, -0.05) is 48.0 Å². The Kier molecular flexibility index (Phi) is 7.69. The maximum atomic E-state index is 13.1. The number of nitrogens with zero attached hydrogens (tertiary/aromatic N) is 1. The van der Waals surface area contributed by atoms with Crippen molar-refractivity contribution in [1.82, 2.24) is 5.32 Å². The predicted octanol–water partition coefficient (Wildman–Crippen LogP) is 4.62. The Morgan fingerprint density at radius 3 is 2.27 bits per heavy atom. The lowest BCUT2D eigenvalue weighted by atomic mass is 10.1. The highest BCUT2D eigenvalue weighted by Crippen LogP contribution is 2.30. The van der Waals surface area contributed by atoms with Crippen LogP contribution in [0.25, 0.3) is 0 Å². The van der Waals surface area contributed by atoms with Crippen LogP contribution in [0.1, 0.15) is 40.1 Å². The highest BCUT2D eigenvalue weighted by Gasteiger charge is 2.39. The van der Waals surface area contributed by atoms with Gasteiger partial charge in [-0.25, -0.2) is 9.69 Å². The van der Waals surface area contributed by atoms with Crippen molar-refractivity contribution >= 4 is 46.7 Å². The van der Waals surface area contributed by atoms with Gasteiger partial charge in [0, 0.05) is 17.8 Å². The third kappa shape index (κ3) is 5.87. The van der Waals surface area contributed by atoms with E-state index in [9.17, 15) is 19.2 Å². The van der Waals surface area contributed by atoms with Gasteiger partial charge >= 0.3 is 5.97 Å². The molecule has 1 aliphatic heterocycles. The van der Waals surface area contributed by atoms with Gasteiger partial charge in [0.25, 0.3) is 17.7 Å². The number of nitrogens with one attached hydrogen (secondary N) is 2. The molecule has 0 radical (unpaired) electrons. The summed E-state index contributed by atoms with van der Waals surface area (Å²) in [4.78, 5) is 51.5. The first kappa shape index (κ1) is 25.7. The number of benzene rings is 3. The summed E-state index contributed by atoms with van der Waals surface area (Å²) in [5, 5.41) is 5.43. The Balaban J connectivity index is 1.44. The predicted molar refractivity (Wildman–Crippen MR) is 140 cm³/mol. The van der Waals surface area contributed by atoms with Gasteiger partial charge in [0.1, 0.15) is 10.7 Å². The van der Waals surface area contributed by atoms with Gasteiger partial charge in [-0.05, 0) is 61.9 Å². The van der Waals surface area contributed by atoms with E-state index in [2.05, 4.69) is 10.6 Å². The van der Waals surface area contributed by atoms with Crippen molar-refractivity contribution in [3.8, 4) is 0 Å². The van der Waals surface area contributed by atoms with Crippen LogP contribution in [0.3, 0.4) is 0 Å². The summed E-state index contributed by atoms with van der Waals surface area (Å²) >= 11 is 6.22. The molecule has 3 aromatic carbocycles. The van der Waals surface area contributed by atoms with E-state index >= 15 is 0 Å². The maximum Gasteiger partial charge on any atom is 0.338 e. The van der Waals surface area contributed by atoms with Gasteiger partial charge in [-0.2, -0.15) is 0 Å². The zero-order valence-corrected chi connectivity index (χ0v) is 20.9. The third-order valence-corrected chi connectivity index (χ3v) is 5.77. The van der Waals surface area contributed by atoms with Gasteiger partial charge in [0.05, 0.1) is 17.4 Å². The van der Waals surface area contributed by atoms with Crippen LogP contribution in [0.2, 0.25) is 0 Å². The molecule has 4 rings (SSSR count). The number of ether oxygens (including phenoxy) is 1. The Morgan fingerprint density at radius 2 is 1.59 bits per heavy atom. The lowest BCUT2D eigenvalue weighted by Crippen LogP contribution is -2.32. The van der Waals surface area contributed by atoms with Crippen LogP contribution in [-0.4, -0.2) is 29.8 Å². The summed E-state index contributed by atoms with van der Waals surface area (Å²) in [6, 6.07) is 22.0. The van der Waals surface area contributed by atoms with Crippen molar-refractivity contribution in [2.75, 3.05) is 10.2 Å². The van der Waals surface area contributed by atoms with Gasteiger partial charge in [0.2, 0.25) is 0 Å². The molecule has 37 heavy (non-hydrogen) atoms. The molecule has 8 nitrogen and oxygen atoms in total. The molecule has 0 bridgehead atoms. The smallest absolute Gasteiger partial charge is 0.338 e. The summed E-state index contributed by atoms with van der Waals surface area (Å²) in [5.41, 5.74) is 2.15. The number of halogens is 1. The van der Waals surface area contributed by atoms with Crippen molar-refractivity contribution in [2.24, 2.45) is 0 Å². The Bertz CT molecular complexity index is 1380. The number of amides is 3. The van der Waals surface area contributed by atoms with Crippen LogP contribution in [0.5, 0.6) is 0 Å². The highest BCUT2D eigenvalue weighted by molar-refractivity contribution is 6.53. The van der Waals surface area contributed by atoms with Crippen molar-refractivity contribution in [3.05, 3.63) is 106 Å². The number of rotatable bonds is 8. The van der Waals surface area contributed by atoms with Crippen LogP contribution < -0.4 is 15.5 Å². The quantitative estimate of drug-likeness (QED) is 0.334. The maximum absolute atomic E-state index is 13.1. The molecular weight excluding hydrogens is 494 g/mol. The van der Waals surface area contributed by atoms with Gasteiger partial charge in [-0.15, -0.1) is 0 Å². The average molecular weight is 518 g/mol. The first-order chi connectivity index (χ1) is 17.7. The summed E-state index contributed by atoms with van der Waals surface area (Å²) in [7, 11) is 0. The normalized spacial score (nSPS) is 13.2. The van der Waals surface area contributed by atoms with Crippen LogP contribution >= 0.6 is 11.6 Å². The highest BCUT2D eigenvalue weighted by atomic mass is 35.5. The summed E-state index contributed by atoms with van der Waals surface area (Å²) in [6.07, 6.45) is -0.320. The minimum atomic E-state index is -0.722. The molecule has 0 aromatic heterocycles. The van der Waals surface area contributed by atoms with Crippen LogP contribution in [-0.2, 0) is 20.9 Å². The molecule has 0 saturated heterocycles. The topological polar surface area (TPSA) is 105 Å². The second kappa shape index (κ2) is 11.1. The molecule has 188 valence electrons. The van der Waals surface area contributed by atoms with Crippen molar-refractivity contribution in [3.63, 3.8) is 0 Å². The number of carbonyl (C=O) groups is 4. The molecule has 1 heterocycles. The van der Waals surface area contributed by atoms with Crippen molar-refractivity contribution in [1.29, 1.82) is 0 Å². The minimum Gasteiger partial charge on any atom is -0.459 e. The molecule has 0 spiro atoms. The molecule has 2 N–H and O–H groups in total. The fourth-order valence-corrected chi connectivity index (χ4v) is 3.84. The number of hydrogen-bond acceptors (Lipinski definition) is 6. The van der Waals surface area contributed by atoms with E-state index in [0.717, 1.165) is 10.5 Å². The second-order valence-electron chi connectivity index (χ2n) is 8.51. The second-order valence-corrected chi connectivity index (χ2v) is 8.89. The third-order valence-electron chi connectivity index (χ3n) is 5.42. The standard InChI is InChI=1S/C28H24ClN3O5/c1-17(2)37-28(36)20-9-6-10-22(15-20)32-26(34)23(29)24(27(32)35)31-21-13-11-19(12-14-21)25(33)30-16-18-7-4-3-5-8-18/h3-15,17,31H,16H2,1-2H3,(H,30,33). The van der Waals surface area contributed by atoms with E-state index in [-0.39, 0.29) is 34.0 Å². The van der Waals surface area contributed by atoms with Crippen LogP contribution in [0.15, 0.2) is 89.6 Å². The fraction of sp³-hybridized carbons (Fsp3) is 0.143. The Morgan fingerprint density at radius 1 is 0.892 bits per heavy atom. The number of esters is 1. The van der Waals surface area contributed by atoms with Gasteiger partial charge in [0.15, 0.2) is 0 Å². The minimum absolute atomic E-state index is 0.108. The lowest BCUT2D eigenvalue weighted by molar-refractivity contribution is -0.120. The summed E-state index contributed by atoms with van der Waals surface area (Å²) in [6.45, 7) is 3.84. The molecule has 0 aliphatic carbocycles. The van der Waals surface area contributed by atoms with E-state index in [0.29, 0.717) is 17.8 Å². The molecular formula is C28H24ClN3O5. The van der Waals surface area contributed by atoms with Crippen LogP contribution in [0.4, 0.5) is 11.4 Å². The molecule has 0 fully saturated rings. The van der Waals surface area contributed by atoms with Crippen molar-refractivity contribution in [2.45, 2.75) is 26.5 Å². The van der Waals surface area contributed by atoms with E-state index in [1.165, 1.54) is 18.2 Å². The molecule has 1 aliphatic rings. The summed E-state index contributed by atoms with van der Waals surface area (Å²) in [5.74, 6) is -2.21. The number of anilines is 2. The Hall–Kier alpha value is -4.43. The SMILES string of the molecule is CC(C)OC(=O)c1cccc(N2C(=O)C(Cl)=C(Nc3ccc(C(=O)NCc4ccccc4)cc3)C2=O)c1. The van der Waals surface area contributed by atoms with Gasteiger partial charge < -0.3 is 15.4 Å². The van der Waals surface area contributed by atoms with Crippen molar-refractivity contribution < 1.29 is 23.9 Å². The van der Waals surface area contributed by atoms with Gasteiger partial charge in [-0.3, -0.25) is 14.4 Å². The first-order valence-corrected chi connectivity index (χ1v) is 11.9. The lowest BCUT2D eigenvalue weighted by Gasteiger charge is -2.16. The van der Waals surface area contributed by atoms with E-state index < -0.39 is 17.8 Å². The molecule has 0 atom stereocenters. The monoisotopic (exact) mass is 517 g/mol. The zero-order valence-electron chi connectivity index (χ0n) is 20.2. The molecule has 9 heteroatoms. The van der Waals surface area contributed by atoms with Crippen LogP contribution in [0, 0.1) is 0 Å². The number of hydrogen-bond donors (Lipinski definition) is 2. The average Bonchev–Trinajstić information content (AvgIpc) is 3.11. The van der Waals surface area contributed by atoms with E-state index in [4.69, 9.17) is 16.3 Å². The summed E-state index contributed by atoms with van der Waals surface area (Å²) < 4.78 is 5.19.